The van der Waals surface area contributed by atoms with Crippen molar-refractivity contribution in [1.82, 2.24) is 24.9 Å². The smallest absolute Gasteiger partial charge is 0.352 e. The first kappa shape index (κ1) is 22.2. The van der Waals surface area contributed by atoms with E-state index < -0.39 is 23.7 Å². The third-order valence-electron chi connectivity index (χ3n) is 3.63. The lowest BCUT2D eigenvalue weighted by Gasteiger charge is -2.13. The maximum Gasteiger partial charge on any atom is 0.433 e. The molecule has 0 aliphatic heterocycles. The first-order valence-electron chi connectivity index (χ1n) is 8.79. The SMILES string of the molecule is CC(C)Nc1nc(Nc2ccnc(C(F)(F)F)c2)nc(-c2cccc(C(F)(F)F)n2)n1. The van der Waals surface area contributed by atoms with E-state index in [0.717, 1.165) is 24.4 Å². The van der Waals surface area contributed by atoms with Crippen molar-refractivity contribution in [2.24, 2.45) is 0 Å². The fourth-order valence-electron chi connectivity index (χ4n) is 2.38. The van der Waals surface area contributed by atoms with Gasteiger partial charge in [-0.3, -0.25) is 4.98 Å². The van der Waals surface area contributed by atoms with E-state index in [1.807, 2.05) is 0 Å². The quantitative estimate of drug-likeness (QED) is 0.541. The van der Waals surface area contributed by atoms with Crippen molar-refractivity contribution in [2.45, 2.75) is 32.2 Å². The Labute approximate surface area is 172 Å². The number of rotatable bonds is 5. The van der Waals surface area contributed by atoms with Crippen LogP contribution in [0.25, 0.3) is 11.5 Å². The van der Waals surface area contributed by atoms with Gasteiger partial charge in [-0.05, 0) is 38.1 Å². The zero-order valence-corrected chi connectivity index (χ0v) is 16.0. The number of anilines is 3. The zero-order valence-electron chi connectivity index (χ0n) is 16.0. The van der Waals surface area contributed by atoms with Crippen molar-refractivity contribution in [1.29, 1.82) is 0 Å². The van der Waals surface area contributed by atoms with E-state index in [9.17, 15) is 26.3 Å². The highest BCUT2D eigenvalue weighted by Crippen LogP contribution is 2.31. The van der Waals surface area contributed by atoms with Crippen molar-refractivity contribution in [3.63, 3.8) is 0 Å². The predicted octanol–water partition coefficient (Wildman–Crippen LogP) is 4.93. The summed E-state index contributed by atoms with van der Waals surface area (Å²) in [5.74, 6) is -0.379. The standard InChI is InChI=1S/C18H15F6N7/c1-9(2)26-15-29-14(11-4-3-5-12(28-11)17(19,20)21)30-16(31-15)27-10-6-7-25-13(8-10)18(22,23)24/h3-9H,1-2H3,(H2,25,26,27,29,30,31). The normalized spacial score (nSPS) is 12.2. The van der Waals surface area contributed by atoms with Gasteiger partial charge in [-0.1, -0.05) is 6.07 Å². The third kappa shape index (κ3) is 5.77. The molecule has 0 bridgehead atoms. The molecular formula is C18H15F6N7. The third-order valence-corrected chi connectivity index (χ3v) is 3.63. The van der Waals surface area contributed by atoms with Crippen molar-refractivity contribution >= 4 is 17.6 Å². The number of nitrogens with zero attached hydrogens (tertiary/aromatic N) is 5. The van der Waals surface area contributed by atoms with Gasteiger partial charge in [-0.25, -0.2) is 4.98 Å². The van der Waals surface area contributed by atoms with Crippen molar-refractivity contribution in [3.05, 3.63) is 47.9 Å². The molecule has 31 heavy (non-hydrogen) atoms. The molecule has 13 heteroatoms. The Morgan fingerprint density at radius 2 is 1.48 bits per heavy atom. The van der Waals surface area contributed by atoms with E-state index in [-0.39, 0.29) is 35.1 Å². The van der Waals surface area contributed by atoms with Crippen LogP contribution in [0.15, 0.2) is 36.5 Å². The maximum absolute atomic E-state index is 13.0. The van der Waals surface area contributed by atoms with Crippen LogP contribution in [0.3, 0.4) is 0 Å². The number of alkyl halides is 6. The lowest BCUT2D eigenvalue weighted by molar-refractivity contribution is -0.141. The average Bonchev–Trinajstić information content (AvgIpc) is 2.66. The second-order valence-corrected chi connectivity index (χ2v) is 6.56. The molecule has 3 aromatic heterocycles. The van der Waals surface area contributed by atoms with E-state index in [0.29, 0.717) is 0 Å². The molecule has 0 aliphatic carbocycles. The molecule has 0 saturated heterocycles. The van der Waals surface area contributed by atoms with Crippen LogP contribution in [0, 0.1) is 0 Å². The Kier molecular flexibility index (Phi) is 5.95. The highest BCUT2D eigenvalue weighted by Gasteiger charge is 2.33. The van der Waals surface area contributed by atoms with Gasteiger partial charge >= 0.3 is 12.4 Å². The second kappa shape index (κ2) is 8.32. The Morgan fingerprint density at radius 1 is 0.806 bits per heavy atom. The summed E-state index contributed by atoms with van der Waals surface area (Å²) in [5.41, 5.74) is -2.47. The van der Waals surface area contributed by atoms with E-state index in [2.05, 4.69) is 35.6 Å². The van der Waals surface area contributed by atoms with Gasteiger partial charge in [0.1, 0.15) is 17.1 Å². The lowest BCUT2D eigenvalue weighted by Crippen LogP contribution is -2.15. The molecule has 7 nitrogen and oxygen atoms in total. The monoisotopic (exact) mass is 443 g/mol. The largest absolute Gasteiger partial charge is 0.433 e. The molecule has 3 aromatic rings. The Balaban J connectivity index is 2.02. The van der Waals surface area contributed by atoms with Crippen LogP contribution in [0.2, 0.25) is 0 Å². The molecule has 0 aromatic carbocycles. The van der Waals surface area contributed by atoms with Gasteiger partial charge < -0.3 is 10.6 Å². The second-order valence-electron chi connectivity index (χ2n) is 6.56. The average molecular weight is 443 g/mol. The predicted molar refractivity (Wildman–Crippen MR) is 99.3 cm³/mol. The van der Waals surface area contributed by atoms with E-state index in [4.69, 9.17) is 0 Å². The number of halogens is 6. The minimum Gasteiger partial charge on any atom is -0.352 e. The molecule has 0 saturated carbocycles. The Hall–Kier alpha value is -3.51. The highest BCUT2D eigenvalue weighted by molar-refractivity contribution is 5.59. The van der Waals surface area contributed by atoms with Crippen LogP contribution in [0.5, 0.6) is 0 Å². The minimum absolute atomic E-state index is 0.00631. The van der Waals surface area contributed by atoms with Crippen LogP contribution >= 0.6 is 0 Å². The van der Waals surface area contributed by atoms with Crippen LogP contribution in [0.1, 0.15) is 25.2 Å². The van der Waals surface area contributed by atoms with Crippen molar-refractivity contribution in [3.8, 4) is 11.5 Å². The summed E-state index contributed by atoms with van der Waals surface area (Å²) >= 11 is 0. The molecule has 3 heterocycles. The number of nitrogens with one attached hydrogen (secondary N) is 2. The topological polar surface area (TPSA) is 88.5 Å². The number of aromatic nitrogens is 5. The number of hydrogen-bond acceptors (Lipinski definition) is 7. The Bertz CT molecular complexity index is 1070. The first-order valence-corrected chi connectivity index (χ1v) is 8.79. The molecule has 0 aliphatic rings. The highest BCUT2D eigenvalue weighted by atomic mass is 19.4. The first-order chi connectivity index (χ1) is 14.4. The number of pyridine rings is 2. The molecule has 2 N–H and O–H groups in total. The zero-order chi connectivity index (χ0) is 22.8. The molecule has 0 atom stereocenters. The van der Waals surface area contributed by atoms with Gasteiger partial charge in [0.15, 0.2) is 5.82 Å². The molecule has 0 radical (unpaired) electrons. The molecule has 164 valence electrons. The van der Waals surface area contributed by atoms with Gasteiger partial charge in [0, 0.05) is 17.9 Å². The lowest BCUT2D eigenvalue weighted by atomic mass is 10.3. The summed E-state index contributed by atoms with van der Waals surface area (Å²) in [6.45, 7) is 3.55. The van der Waals surface area contributed by atoms with Crippen molar-refractivity contribution in [2.75, 3.05) is 10.6 Å². The van der Waals surface area contributed by atoms with Gasteiger partial charge in [0.2, 0.25) is 11.9 Å². The van der Waals surface area contributed by atoms with E-state index >= 15 is 0 Å². The molecule has 0 amide bonds. The Morgan fingerprint density at radius 3 is 2.13 bits per heavy atom. The molecular weight excluding hydrogens is 428 g/mol. The molecule has 0 fully saturated rings. The summed E-state index contributed by atoms with van der Waals surface area (Å²) in [6.07, 6.45) is -8.38. The summed E-state index contributed by atoms with van der Waals surface area (Å²) in [4.78, 5) is 18.9. The summed E-state index contributed by atoms with van der Waals surface area (Å²) < 4.78 is 77.7. The van der Waals surface area contributed by atoms with Gasteiger partial charge in [0.05, 0.1) is 0 Å². The van der Waals surface area contributed by atoms with Crippen molar-refractivity contribution < 1.29 is 26.3 Å². The summed E-state index contributed by atoms with van der Waals surface area (Å²) in [7, 11) is 0. The summed E-state index contributed by atoms with van der Waals surface area (Å²) in [5, 5.41) is 5.47. The fraction of sp³-hybridized carbons (Fsp3) is 0.278. The van der Waals surface area contributed by atoms with Crippen LogP contribution in [0.4, 0.5) is 43.9 Å². The minimum atomic E-state index is -4.67. The number of hydrogen-bond donors (Lipinski definition) is 2. The molecule has 0 unspecified atom stereocenters. The molecule has 0 spiro atoms. The van der Waals surface area contributed by atoms with Gasteiger partial charge in [-0.15, -0.1) is 0 Å². The van der Waals surface area contributed by atoms with Crippen LogP contribution in [-0.4, -0.2) is 31.0 Å². The van der Waals surface area contributed by atoms with Crippen LogP contribution in [-0.2, 0) is 12.4 Å². The van der Waals surface area contributed by atoms with E-state index in [1.165, 1.54) is 12.1 Å². The van der Waals surface area contributed by atoms with Gasteiger partial charge in [0.25, 0.3) is 0 Å². The summed E-state index contributed by atoms with van der Waals surface area (Å²) in [6, 6.07) is 5.10. The van der Waals surface area contributed by atoms with Gasteiger partial charge in [-0.2, -0.15) is 41.3 Å². The fourth-order valence-corrected chi connectivity index (χ4v) is 2.38. The van der Waals surface area contributed by atoms with E-state index in [1.54, 1.807) is 13.8 Å². The maximum atomic E-state index is 13.0. The van der Waals surface area contributed by atoms with Crippen LogP contribution < -0.4 is 10.6 Å². The molecule has 3 rings (SSSR count).